The number of rotatable bonds is 2. The van der Waals surface area contributed by atoms with E-state index in [9.17, 15) is 0 Å². The van der Waals surface area contributed by atoms with Crippen LogP contribution < -0.4 is 15.8 Å². The van der Waals surface area contributed by atoms with Gasteiger partial charge in [-0.1, -0.05) is 46.3 Å². The van der Waals surface area contributed by atoms with E-state index in [1.165, 1.54) is 0 Å². The molecule has 5 heteroatoms. The van der Waals surface area contributed by atoms with E-state index in [2.05, 4.69) is 45.7 Å². The molecule has 1 fully saturated rings. The van der Waals surface area contributed by atoms with Gasteiger partial charge in [0.25, 0.3) is 0 Å². The second-order valence-corrected chi connectivity index (χ2v) is 6.15. The fraction of sp³-hybridized carbons (Fsp3) is 0.133. The molecule has 20 heavy (non-hydrogen) atoms. The molecule has 0 aliphatic carbocycles. The molecule has 2 aromatic carbocycles. The van der Waals surface area contributed by atoms with Crippen molar-refractivity contribution < 1.29 is 0 Å². The number of thiocarbonyl (C=S) groups is 1. The zero-order valence-electron chi connectivity index (χ0n) is 10.9. The summed E-state index contributed by atoms with van der Waals surface area (Å²) in [5.41, 5.74) is 5.15. The topological polar surface area (TPSA) is 27.3 Å². The van der Waals surface area contributed by atoms with Gasteiger partial charge in [-0.25, -0.2) is 5.01 Å². The van der Waals surface area contributed by atoms with Gasteiger partial charge in [0.05, 0.1) is 5.69 Å². The lowest BCUT2D eigenvalue weighted by Gasteiger charge is -2.26. The zero-order chi connectivity index (χ0) is 14.2. The standard InChI is InChI=1S/C15H14BrN3S/c1-15(11-6-5-7-12(16)10-11)17-14(20)19(18-15)13-8-3-2-4-9-13/h2-10,18H,1H3,(H,17,20)/t15-/m1/s1. The molecule has 0 aromatic heterocycles. The van der Waals surface area contributed by atoms with Crippen LogP contribution in [0, 0.1) is 0 Å². The maximum Gasteiger partial charge on any atom is 0.190 e. The third kappa shape index (κ3) is 2.44. The van der Waals surface area contributed by atoms with Crippen molar-refractivity contribution in [3.8, 4) is 0 Å². The van der Waals surface area contributed by atoms with E-state index < -0.39 is 5.66 Å². The molecular formula is C15H14BrN3S. The SMILES string of the molecule is C[C@@]1(c2cccc(Br)c2)NC(=S)N(c2ccccc2)N1. The summed E-state index contributed by atoms with van der Waals surface area (Å²) in [4.78, 5) is 0. The minimum Gasteiger partial charge on any atom is -0.338 e. The fourth-order valence-corrected chi connectivity index (χ4v) is 3.02. The molecule has 1 atom stereocenters. The summed E-state index contributed by atoms with van der Waals surface area (Å²) in [6.07, 6.45) is 0. The maximum atomic E-state index is 5.44. The predicted molar refractivity (Wildman–Crippen MR) is 89.3 cm³/mol. The molecule has 1 aliphatic heterocycles. The zero-order valence-corrected chi connectivity index (χ0v) is 13.3. The first kappa shape index (κ1) is 13.5. The third-order valence-corrected chi connectivity index (χ3v) is 4.09. The number of hydrogen-bond donors (Lipinski definition) is 2. The third-order valence-electron chi connectivity index (χ3n) is 3.31. The van der Waals surface area contributed by atoms with Crippen LogP contribution in [0.1, 0.15) is 12.5 Å². The van der Waals surface area contributed by atoms with Crippen LogP contribution >= 0.6 is 28.1 Å². The van der Waals surface area contributed by atoms with E-state index in [1.54, 1.807) is 0 Å². The Balaban J connectivity index is 1.93. The van der Waals surface area contributed by atoms with Crippen LogP contribution in [0.15, 0.2) is 59.1 Å². The summed E-state index contributed by atoms with van der Waals surface area (Å²) < 4.78 is 1.05. The lowest BCUT2D eigenvalue weighted by Crippen LogP contribution is -2.45. The molecule has 0 spiro atoms. The molecule has 0 amide bonds. The van der Waals surface area contributed by atoms with Crippen LogP contribution in [0.25, 0.3) is 0 Å². The van der Waals surface area contributed by atoms with E-state index in [4.69, 9.17) is 12.2 Å². The molecule has 0 radical (unpaired) electrons. The summed E-state index contributed by atoms with van der Waals surface area (Å²) in [5, 5.41) is 5.91. The van der Waals surface area contributed by atoms with E-state index in [1.807, 2.05) is 47.5 Å². The quantitative estimate of drug-likeness (QED) is 0.812. The molecular weight excluding hydrogens is 334 g/mol. The number of hydrogen-bond acceptors (Lipinski definition) is 2. The monoisotopic (exact) mass is 347 g/mol. The molecule has 0 unspecified atom stereocenters. The number of hydrazine groups is 1. The minimum atomic E-state index is -0.420. The number of para-hydroxylation sites is 1. The van der Waals surface area contributed by atoms with Crippen molar-refractivity contribution in [1.29, 1.82) is 0 Å². The Labute approximate surface area is 132 Å². The second-order valence-electron chi connectivity index (χ2n) is 4.85. The summed E-state index contributed by atoms with van der Waals surface area (Å²) in [6, 6.07) is 18.2. The minimum absolute atomic E-state index is 0.420. The molecule has 1 heterocycles. The van der Waals surface area contributed by atoms with Crippen LogP contribution in [0.5, 0.6) is 0 Å². The van der Waals surface area contributed by atoms with E-state index in [0.29, 0.717) is 5.11 Å². The lowest BCUT2D eigenvalue weighted by atomic mass is 10.0. The van der Waals surface area contributed by atoms with Crippen molar-refractivity contribution >= 4 is 38.9 Å². The van der Waals surface area contributed by atoms with Gasteiger partial charge in [-0.05, 0) is 49.0 Å². The number of nitrogens with zero attached hydrogens (tertiary/aromatic N) is 1. The molecule has 2 N–H and O–H groups in total. The summed E-state index contributed by atoms with van der Waals surface area (Å²) in [7, 11) is 0. The largest absolute Gasteiger partial charge is 0.338 e. The Bertz CT molecular complexity index is 647. The highest BCUT2D eigenvalue weighted by Gasteiger charge is 2.38. The predicted octanol–water partition coefficient (Wildman–Crippen LogP) is 3.52. The summed E-state index contributed by atoms with van der Waals surface area (Å²) in [5.74, 6) is 0. The van der Waals surface area contributed by atoms with Crippen LogP contribution in [-0.4, -0.2) is 5.11 Å². The van der Waals surface area contributed by atoms with E-state index >= 15 is 0 Å². The van der Waals surface area contributed by atoms with Gasteiger partial charge in [0.1, 0.15) is 5.66 Å². The smallest absolute Gasteiger partial charge is 0.190 e. The normalized spacial score (nSPS) is 21.9. The van der Waals surface area contributed by atoms with Crippen molar-refractivity contribution in [1.82, 2.24) is 10.7 Å². The highest BCUT2D eigenvalue weighted by atomic mass is 79.9. The Morgan fingerprint density at radius 1 is 1.10 bits per heavy atom. The van der Waals surface area contributed by atoms with Gasteiger partial charge in [0.2, 0.25) is 0 Å². The van der Waals surface area contributed by atoms with Gasteiger partial charge in [-0.2, -0.15) is 5.43 Å². The van der Waals surface area contributed by atoms with Crippen molar-refractivity contribution in [3.05, 3.63) is 64.6 Å². The molecule has 1 saturated heterocycles. The molecule has 3 nitrogen and oxygen atoms in total. The van der Waals surface area contributed by atoms with Crippen LogP contribution in [0.3, 0.4) is 0 Å². The average molecular weight is 348 g/mol. The highest BCUT2D eigenvalue weighted by Crippen LogP contribution is 2.27. The van der Waals surface area contributed by atoms with E-state index in [-0.39, 0.29) is 0 Å². The molecule has 2 aromatic rings. The Hall–Kier alpha value is -1.43. The van der Waals surface area contributed by atoms with Crippen molar-refractivity contribution in [2.45, 2.75) is 12.6 Å². The van der Waals surface area contributed by atoms with Crippen molar-refractivity contribution in [2.75, 3.05) is 5.01 Å². The summed E-state index contributed by atoms with van der Waals surface area (Å²) in [6.45, 7) is 2.07. The first-order valence-electron chi connectivity index (χ1n) is 6.30. The van der Waals surface area contributed by atoms with Gasteiger partial charge in [-0.15, -0.1) is 0 Å². The van der Waals surface area contributed by atoms with Crippen molar-refractivity contribution in [2.24, 2.45) is 0 Å². The number of benzene rings is 2. The second kappa shape index (κ2) is 5.16. The Morgan fingerprint density at radius 3 is 2.55 bits per heavy atom. The Kier molecular flexibility index (Phi) is 3.50. The van der Waals surface area contributed by atoms with Gasteiger partial charge in [-0.3, -0.25) is 0 Å². The van der Waals surface area contributed by atoms with Crippen molar-refractivity contribution in [3.63, 3.8) is 0 Å². The number of nitrogens with one attached hydrogen (secondary N) is 2. The molecule has 0 saturated carbocycles. The fourth-order valence-electron chi connectivity index (χ4n) is 2.27. The van der Waals surface area contributed by atoms with Crippen LogP contribution in [0.4, 0.5) is 5.69 Å². The maximum absolute atomic E-state index is 5.44. The molecule has 0 bridgehead atoms. The average Bonchev–Trinajstić information content (AvgIpc) is 2.77. The van der Waals surface area contributed by atoms with Gasteiger partial charge >= 0.3 is 0 Å². The molecule has 1 aliphatic rings. The lowest BCUT2D eigenvalue weighted by molar-refractivity contribution is 0.389. The van der Waals surface area contributed by atoms with Gasteiger partial charge in [0.15, 0.2) is 5.11 Å². The molecule has 3 rings (SSSR count). The van der Waals surface area contributed by atoms with E-state index in [0.717, 1.165) is 15.7 Å². The van der Waals surface area contributed by atoms with Gasteiger partial charge in [0, 0.05) is 4.47 Å². The first-order valence-corrected chi connectivity index (χ1v) is 7.50. The summed E-state index contributed by atoms with van der Waals surface area (Å²) >= 11 is 8.95. The highest BCUT2D eigenvalue weighted by molar-refractivity contribution is 9.10. The van der Waals surface area contributed by atoms with Crippen LogP contribution in [0.2, 0.25) is 0 Å². The number of halogens is 1. The molecule has 102 valence electrons. The number of anilines is 1. The van der Waals surface area contributed by atoms with Crippen LogP contribution in [-0.2, 0) is 5.66 Å². The van der Waals surface area contributed by atoms with Gasteiger partial charge < -0.3 is 5.32 Å². The first-order chi connectivity index (χ1) is 9.58. The Morgan fingerprint density at radius 2 is 1.85 bits per heavy atom.